The molecule has 0 saturated heterocycles. The van der Waals surface area contributed by atoms with Crippen molar-refractivity contribution in [1.82, 2.24) is 4.98 Å². The first-order chi connectivity index (χ1) is 10.4. The Labute approximate surface area is 136 Å². The summed E-state index contributed by atoms with van der Waals surface area (Å²) in [6.45, 7) is 9.60. The molecule has 0 spiro atoms. The van der Waals surface area contributed by atoms with E-state index in [1.807, 2.05) is 13.8 Å². The van der Waals surface area contributed by atoms with Gasteiger partial charge in [-0.25, -0.2) is 0 Å². The molecule has 0 radical (unpaired) electrons. The highest BCUT2D eigenvalue weighted by Crippen LogP contribution is 2.35. The number of hydrogen-bond donors (Lipinski definition) is 0. The maximum Gasteiger partial charge on any atom is 0.308 e. The fraction of sp³-hybridized carbons (Fsp3) is 0.444. The molecule has 0 fully saturated rings. The molecular weight excluding hydrogens is 298 g/mol. The highest BCUT2D eigenvalue weighted by molar-refractivity contribution is 6.18. The number of halogens is 1. The minimum atomic E-state index is -0.323. The quantitative estimate of drug-likeness (QED) is 0.586. The van der Waals surface area contributed by atoms with Crippen LogP contribution in [0.1, 0.15) is 55.5 Å². The molecule has 4 heteroatoms. The molecule has 1 unspecified atom stereocenters. The molecule has 2 aromatic rings. The number of ether oxygens (including phenoxy) is 1. The molecule has 0 amide bonds. The van der Waals surface area contributed by atoms with E-state index in [2.05, 4.69) is 31.0 Å². The summed E-state index contributed by atoms with van der Waals surface area (Å²) in [5.74, 6) is 1.08. The molecule has 2 rings (SSSR count). The van der Waals surface area contributed by atoms with Gasteiger partial charge in [-0.1, -0.05) is 19.9 Å². The number of esters is 1. The van der Waals surface area contributed by atoms with Crippen molar-refractivity contribution in [3.8, 4) is 5.75 Å². The third-order valence-corrected chi connectivity index (χ3v) is 4.48. The van der Waals surface area contributed by atoms with Gasteiger partial charge in [0.15, 0.2) is 0 Å². The van der Waals surface area contributed by atoms with Crippen LogP contribution in [-0.2, 0) is 10.7 Å². The van der Waals surface area contributed by atoms with Crippen LogP contribution >= 0.6 is 11.6 Å². The SMILES string of the molecule is CCC(C)c1cc(CCl)c2nc(C)c(C)c(OC(C)=O)c2c1. The van der Waals surface area contributed by atoms with Gasteiger partial charge in [-0.15, -0.1) is 11.6 Å². The molecule has 1 aromatic carbocycles. The number of fused-ring (bicyclic) bond motifs is 1. The van der Waals surface area contributed by atoms with E-state index in [1.165, 1.54) is 12.5 Å². The van der Waals surface area contributed by atoms with Crippen LogP contribution in [0.25, 0.3) is 10.9 Å². The Morgan fingerprint density at radius 1 is 1.36 bits per heavy atom. The zero-order valence-electron chi connectivity index (χ0n) is 13.8. The van der Waals surface area contributed by atoms with Crippen molar-refractivity contribution in [3.05, 3.63) is 34.5 Å². The minimum Gasteiger partial charge on any atom is -0.426 e. The van der Waals surface area contributed by atoms with E-state index < -0.39 is 0 Å². The van der Waals surface area contributed by atoms with E-state index in [9.17, 15) is 4.79 Å². The Morgan fingerprint density at radius 2 is 2.05 bits per heavy atom. The molecule has 1 atom stereocenters. The Morgan fingerprint density at radius 3 is 2.59 bits per heavy atom. The molecule has 0 N–H and O–H groups in total. The van der Waals surface area contributed by atoms with Gasteiger partial charge in [0, 0.05) is 29.4 Å². The van der Waals surface area contributed by atoms with E-state index in [0.29, 0.717) is 17.5 Å². The first-order valence-electron chi connectivity index (χ1n) is 7.57. The van der Waals surface area contributed by atoms with E-state index in [-0.39, 0.29) is 5.97 Å². The van der Waals surface area contributed by atoms with Gasteiger partial charge in [-0.2, -0.15) is 0 Å². The topological polar surface area (TPSA) is 39.2 Å². The summed E-state index contributed by atoms with van der Waals surface area (Å²) < 4.78 is 5.48. The highest BCUT2D eigenvalue weighted by Gasteiger charge is 2.17. The second kappa shape index (κ2) is 6.66. The summed E-state index contributed by atoms with van der Waals surface area (Å²) in [6.07, 6.45) is 1.04. The molecule has 0 saturated carbocycles. The monoisotopic (exact) mass is 319 g/mol. The highest BCUT2D eigenvalue weighted by atomic mass is 35.5. The molecular formula is C18H22ClNO2. The standard InChI is InChI=1S/C18H22ClNO2/c1-6-10(2)14-7-15(9-19)17-16(8-14)18(22-13(5)21)11(3)12(4)20-17/h7-8,10H,6,9H2,1-5H3. The number of aromatic nitrogens is 1. The lowest BCUT2D eigenvalue weighted by Gasteiger charge is -2.17. The van der Waals surface area contributed by atoms with Gasteiger partial charge < -0.3 is 4.74 Å². The van der Waals surface area contributed by atoms with Crippen molar-refractivity contribution >= 4 is 28.5 Å². The van der Waals surface area contributed by atoms with Crippen molar-refractivity contribution in [1.29, 1.82) is 0 Å². The van der Waals surface area contributed by atoms with Crippen LogP contribution in [0.15, 0.2) is 12.1 Å². The van der Waals surface area contributed by atoms with E-state index in [0.717, 1.165) is 34.1 Å². The summed E-state index contributed by atoms with van der Waals surface area (Å²) >= 11 is 6.13. The number of benzene rings is 1. The second-order valence-electron chi connectivity index (χ2n) is 5.76. The first-order valence-corrected chi connectivity index (χ1v) is 8.10. The number of rotatable bonds is 4. The number of carbonyl (C=O) groups excluding carboxylic acids is 1. The molecule has 0 aliphatic heterocycles. The predicted molar refractivity (Wildman–Crippen MR) is 90.8 cm³/mol. The number of aryl methyl sites for hydroxylation is 1. The van der Waals surface area contributed by atoms with Crippen LogP contribution in [0, 0.1) is 13.8 Å². The average molecular weight is 320 g/mol. The number of pyridine rings is 1. The lowest BCUT2D eigenvalue weighted by molar-refractivity contribution is -0.131. The van der Waals surface area contributed by atoms with Crippen LogP contribution in [0.2, 0.25) is 0 Å². The van der Waals surface area contributed by atoms with Crippen molar-refractivity contribution < 1.29 is 9.53 Å². The van der Waals surface area contributed by atoms with Crippen molar-refractivity contribution in [2.45, 2.75) is 52.8 Å². The largest absolute Gasteiger partial charge is 0.426 e. The number of alkyl halides is 1. The Bertz CT molecular complexity index is 725. The Hall–Kier alpha value is -1.61. The molecule has 22 heavy (non-hydrogen) atoms. The Kier molecular flexibility index (Phi) is 5.07. The lowest BCUT2D eigenvalue weighted by atomic mass is 9.93. The third-order valence-electron chi connectivity index (χ3n) is 4.19. The minimum absolute atomic E-state index is 0.323. The summed E-state index contributed by atoms with van der Waals surface area (Å²) in [6, 6.07) is 4.19. The van der Waals surface area contributed by atoms with Gasteiger partial charge in [0.2, 0.25) is 0 Å². The molecule has 0 aliphatic rings. The third kappa shape index (κ3) is 3.09. The molecule has 3 nitrogen and oxygen atoms in total. The van der Waals surface area contributed by atoms with Gasteiger partial charge >= 0.3 is 5.97 Å². The summed E-state index contributed by atoms with van der Waals surface area (Å²) in [7, 11) is 0. The maximum atomic E-state index is 11.5. The van der Waals surface area contributed by atoms with Gasteiger partial charge in [-0.3, -0.25) is 9.78 Å². The summed E-state index contributed by atoms with van der Waals surface area (Å²) in [4.78, 5) is 16.1. The van der Waals surface area contributed by atoms with Crippen molar-refractivity contribution in [3.63, 3.8) is 0 Å². The number of nitrogens with zero attached hydrogens (tertiary/aromatic N) is 1. The van der Waals surface area contributed by atoms with Gasteiger partial charge in [-0.05, 0) is 43.4 Å². The maximum absolute atomic E-state index is 11.5. The van der Waals surface area contributed by atoms with E-state index in [1.54, 1.807) is 0 Å². The smallest absolute Gasteiger partial charge is 0.308 e. The zero-order chi connectivity index (χ0) is 16.4. The summed E-state index contributed by atoms with van der Waals surface area (Å²) in [5.41, 5.74) is 4.74. The van der Waals surface area contributed by atoms with Crippen LogP contribution in [0.4, 0.5) is 0 Å². The number of hydrogen-bond acceptors (Lipinski definition) is 3. The lowest BCUT2D eigenvalue weighted by Crippen LogP contribution is -2.07. The van der Waals surface area contributed by atoms with E-state index in [4.69, 9.17) is 16.3 Å². The van der Waals surface area contributed by atoms with Crippen molar-refractivity contribution in [2.24, 2.45) is 0 Å². The van der Waals surface area contributed by atoms with Crippen LogP contribution in [-0.4, -0.2) is 11.0 Å². The zero-order valence-corrected chi connectivity index (χ0v) is 14.5. The molecule has 1 aromatic heterocycles. The Balaban J connectivity index is 2.84. The predicted octanol–water partition coefficient (Wildman–Crippen LogP) is 5.03. The fourth-order valence-corrected chi connectivity index (χ4v) is 2.74. The van der Waals surface area contributed by atoms with Crippen LogP contribution < -0.4 is 4.74 Å². The molecule has 118 valence electrons. The fourth-order valence-electron chi connectivity index (χ4n) is 2.54. The second-order valence-corrected chi connectivity index (χ2v) is 6.03. The summed E-state index contributed by atoms with van der Waals surface area (Å²) in [5, 5.41) is 0.867. The average Bonchev–Trinajstić information content (AvgIpc) is 2.49. The van der Waals surface area contributed by atoms with Crippen LogP contribution in [0.5, 0.6) is 5.75 Å². The molecule has 0 bridgehead atoms. The molecule has 1 heterocycles. The van der Waals surface area contributed by atoms with Gasteiger partial charge in [0.1, 0.15) is 5.75 Å². The van der Waals surface area contributed by atoms with Crippen molar-refractivity contribution in [2.75, 3.05) is 0 Å². The van der Waals surface area contributed by atoms with Gasteiger partial charge in [0.05, 0.1) is 5.52 Å². The number of carbonyl (C=O) groups is 1. The van der Waals surface area contributed by atoms with E-state index >= 15 is 0 Å². The van der Waals surface area contributed by atoms with Gasteiger partial charge in [0.25, 0.3) is 0 Å². The van der Waals surface area contributed by atoms with Crippen LogP contribution in [0.3, 0.4) is 0 Å². The first kappa shape index (κ1) is 16.8. The molecule has 0 aliphatic carbocycles. The normalized spacial score (nSPS) is 12.5.